The Balaban J connectivity index is 4.34. The van der Waals surface area contributed by atoms with Gasteiger partial charge in [-0.15, -0.1) is 0 Å². The second-order valence-corrected chi connectivity index (χ2v) is 21.3. The van der Waals surface area contributed by atoms with Gasteiger partial charge < -0.3 is 14.2 Å². The number of hydrogen-bond donors (Lipinski definition) is 0. The predicted octanol–water partition coefficient (Wildman–Crippen LogP) is 22.2. The number of rotatable bonds is 58. The van der Waals surface area contributed by atoms with Gasteiger partial charge in [0.25, 0.3) is 0 Å². The molecular weight excluding hydrogens is 949 g/mol. The molecule has 440 valence electrons. The molecule has 77 heavy (non-hydrogen) atoms. The van der Waals surface area contributed by atoms with Crippen LogP contribution >= 0.6 is 0 Å². The van der Waals surface area contributed by atoms with Crippen LogP contribution < -0.4 is 0 Å². The van der Waals surface area contributed by atoms with Crippen molar-refractivity contribution >= 4 is 17.9 Å². The Labute approximate surface area is 476 Å². The van der Waals surface area contributed by atoms with E-state index in [0.717, 1.165) is 128 Å². The van der Waals surface area contributed by atoms with E-state index in [1.165, 1.54) is 135 Å². The normalized spacial score (nSPS) is 12.8. The van der Waals surface area contributed by atoms with Crippen molar-refractivity contribution in [3.8, 4) is 0 Å². The highest BCUT2D eigenvalue weighted by atomic mass is 16.6. The fraction of sp³-hybridized carbons (Fsp3) is 0.704. The van der Waals surface area contributed by atoms with Crippen molar-refractivity contribution in [3.05, 3.63) is 109 Å². The molecule has 0 N–H and O–H groups in total. The first-order chi connectivity index (χ1) is 38.0. The Morgan fingerprint density at radius 2 is 0.519 bits per heavy atom. The van der Waals surface area contributed by atoms with E-state index in [1.54, 1.807) is 0 Å². The average molecular weight is 1070 g/mol. The Kier molecular flexibility index (Phi) is 61.3. The third-order valence-corrected chi connectivity index (χ3v) is 13.7. The van der Waals surface area contributed by atoms with Gasteiger partial charge in [0, 0.05) is 19.3 Å². The lowest BCUT2D eigenvalue weighted by atomic mass is 10.1. The monoisotopic (exact) mass is 1070 g/mol. The van der Waals surface area contributed by atoms with Gasteiger partial charge in [0.1, 0.15) is 13.2 Å². The molecule has 0 fully saturated rings. The van der Waals surface area contributed by atoms with Gasteiger partial charge in [-0.1, -0.05) is 271 Å². The van der Waals surface area contributed by atoms with Crippen LogP contribution in [0.25, 0.3) is 0 Å². The van der Waals surface area contributed by atoms with E-state index in [4.69, 9.17) is 14.2 Å². The summed E-state index contributed by atoms with van der Waals surface area (Å²) in [5.41, 5.74) is 0. The summed E-state index contributed by atoms with van der Waals surface area (Å²) < 4.78 is 16.9. The zero-order chi connectivity index (χ0) is 55.7. The summed E-state index contributed by atoms with van der Waals surface area (Å²) in [6.45, 7) is 6.48. The van der Waals surface area contributed by atoms with E-state index in [0.29, 0.717) is 19.3 Å². The Morgan fingerprint density at radius 1 is 0.273 bits per heavy atom. The lowest BCUT2D eigenvalue weighted by Crippen LogP contribution is -2.30. The van der Waals surface area contributed by atoms with Crippen LogP contribution in [0.5, 0.6) is 0 Å². The van der Waals surface area contributed by atoms with Crippen molar-refractivity contribution in [2.24, 2.45) is 0 Å². The van der Waals surface area contributed by atoms with E-state index >= 15 is 0 Å². The van der Waals surface area contributed by atoms with Crippen molar-refractivity contribution in [3.63, 3.8) is 0 Å². The standard InChI is InChI=1S/C71H120O6/c1-4-7-10-13-16-19-22-24-26-28-30-32-33-34-35-36-37-39-40-42-44-46-49-52-55-58-61-64-70(73)76-67-68(66-75-69(72)63-60-57-54-51-48-21-18-15-12-9-6-3)77-71(74)65-62-59-56-53-50-47-45-43-41-38-31-29-27-25-23-20-17-14-11-8-5-2/h7,10,15-16,18-19,24,26,29-32,34-35,37,39,42,44,68H,4-6,8-9,11-14,17,20-23,25,27-28,33,36,38,40-41,43,45-67H2,1-3H3/b10-7-,18-15-,19-16-,26-24-,31-29-,32-30-,35-34-,39-37-,44-42-. The molecule has 0 aromatic carbocycles. The minimum atomic E-state index is -0.793. The molecule has 6 heteroatoms. The summed E-state index contributed by atoms with van der Waals surface area (Å²) in [5, 5.41) is 0. The molecular formula is C71H120O6. The number of esters is 3. The SMILES string of the molecule is CC/C=C\C/C=C\C/C=C\C/C=C\C/C=C\C/C=C\C/C=C\CCCCCCCC(=O)OCC(COC(=O)CCCCCCC/C=C\CCCC)OC(=O)CCCCCCCCCCC/C=C\CCCCCCCCCC. The number of carbonyl (C=O) groups excluding carboxylic acids is 3. The fourth-order valence-corrected chi connectivity index (χ4v) is 8.87. The zero-order valence-corrected chi connectivity index (χ0v) is 50.4. The predicted molar refractivity (Wildman–Crippen MR) is 334 cm³/mol. The first-order valence-corrected chi connectivity index (χ1v) is 32.4. The fourth-order valence-electron chi connectivity index (χ4n) is 8.87. The zero-order valence-electron chi connectivity index (χ0n) is 50.4. The van der Waals surface area contributed by atoms with Crippen LogP contribution in [0.15, 0.2) is 109 Å². The maximum absolute atomic E-state index is 12.9. The highest BCUT2D eigenvalue weighted by molar-refractivity contribution is 5.71. The largest absolute Gasteiger partial charge is 0.462 e. The van der Waals surface area contributed by atoms with E-state index in [9.17, 15) is 14.4 Å². The molecule has 1 unspecified atom stereocenters. The van der Waals surface area contributed by atoms with Crippen LogP contribution in [0.3, 0.4) is 0 Å². The Bertz CT molecular complexity index is 1560. The number of hydrogen-bond acceptors (Lipinski definition) is 6. The summed E-state index contributed by atoms with van der Waals surface area (Å²) in [6, 6.07) is 0. The van der Waals surface area contributed by atoms with Crippen LogP contribution in [0.4, 0.5) is 0 Å². The first-order valence-electron chi connectivity index (χ1n) is 32.4. The highest BCUT2D eigenvalue weighted by Crippen LogP contribution is 2.15. The molecule has 0 bridgehead atoms. The number of allylic oxidation sites excluding steroid dienone is 18. The summed E-state index contributed by atoms with van der Waals surface area (Å²) >= 11 is 0. The van der Waals surface area contributed by atoms with E-state index in [-0.39, 0.29) is 31.1 Å². The molecule has 0 aromatic rings. The lowest BCUT2D eigenvalue weighted by Gasteiger charge is -2.18. The minimum absolute atomic E-state index is 0.0896. The molecule has 0 saturated heterocycles. The van der Waals surface area contributed by atoms with Gasteiger partial charge in [0.15, 0.2) is 6.10 Å². The van der Waals surface area contributed by atoms with Crippen molar-refractivity contribution in [1.29, 1.82) is 0 Å². The highest BCUT2D eigenvalue weighted by Gasteiger charge is 2.19. The molecule has 0 spiro atoms. The maximum atomic E-state index is 12.9. The van der Waals surface area contributed by atoms with Crippen LogP contribution in [0, 0.1) is 0 Å². The van der Waals surface area contributed by atoms with Crippen molar-refractivity contribution in [1.82, 2.24) is 0 Å². The Morgan fingerprint density at radius 3 is 0.844 bits per heavy atom. The number of ether oxygens (including phenoxy) is 3. The lowest BCUT2D eigenvalue weighted by molar-refractivity contribution is -0.167. The smallest absolute Gasteiger partial charge is 0.306 e. The van der Waals surface area contributed by atoms with Crippen LogP contribution in [-0.2, 0) is 28.6 Å². The number of carbonyl (C=O) groups is 3. The molecule has 0 aliphatic rings. The van der Waals surface area contributed by atoms with Gasteiger partial charge in [-0.25, -0.2) is 0 Å². The van der Waals surface area contributed by atoms with Crippen LogP contribution in [0.2, 0.25) is 0 Å². The Hall–Kier alpha value is -3.93. The number of unbranched alkanes of at least 4 members (excludes halogenated alkanes) is 29. The van der Waals surface area contributed by atoms with Gasteiger partial charge in [-0.2, -0.15) is 0 Å². The maximum Gasteiger partial charge on any atom is 0.306 e. The molecule has 0 aliphatic carbocycles. The topological polar surface area (TPSA) is 78.9 Å². The molecule has 1 atom stereocenters. The van der Waals surface area contributed by atoms with Crippen molar-refractivity contribution in [2.75, 3.05) is 13.2 Å². The third-order valence-electron chi connectivity index (χ3n) is 13.7. The molecule has 0 radical (unpaired) electrons. The van der Waals surface area contributed by atoms with Crippen LogP contribution in [0.1, 0.15) is 303 Å². The van der Waals surface area contributed by atoms with E-state index in [2.05, 4.69) is 130 Å². The van der Waals surface area contributed by atoms with Gasteiger partial charge in [-0.05, 0) is 122 Å². The minimum Gasteiger partial charge on any atom is -0.462 e. The van der Waals surface area contributed by atoms with E-state index in [1.807, 2.05) is 0 Å². The molecule has 0 saturated carbocycles. The quantitative estimate of drug-likeness (QED) is 0.0261. The van der Waals surface area contributed by atoms with E-state index < -0.39 is 6.10 Å². The molecule has 0 heterocycles. The van der Waals surface area contributed by atoms with Gasteiger partial charge in [0.2, 0.25) is 0 Å². The molecule has 0 aliphatic heterocycles. The molecule has 0 amide bonds. The summed E-state index contributed by atoms with van der Waals surface area (Å²) in [4.78, 5) is 38.3. The average Bonchev–Trinajstić information content (AvgIpc) is 3.43. The summed E-state index contributed by atoms with van der Waals surface area (Å²) in [6.07, 6.45) is 88.1. The molecule has 0 aromatic heterocycles. The second-order valence-electron chi connectivity index (χ2n) is 21.3. The summed E-state index contributed by atoms with van der Waals surface area (Å²) in [5.74, 6) is -0.914. The molecule has 0 rings (SSSR count). The molecule has 6 nitrogen and oxygen atoms in total. The van der Waals surface area contributed by atoms with Crippen LogP contribution in [-0.4, -0.2) is 37.2 Å². The first kappa shape index (κ1) is 73.1. The van der Waals surface area contributed by atoms with Crippen molar-refractivity contribution in [2.45, 2.75) is 309 Å². The second kappa shape index (κ2) is 64.6. The van der Waals surface area contributed by atoms with Crippen molar-refractivity contribution < 1.29 is 28.6 Å². The van der Waals surface area contributed by atoms with Gasteiger partial charge >= 0.3 is 17.9 Å². The third kappa shape index (κ3) is 62.8. The summed E-state index contributed by atoms with van der Waals surface area (Å²) in [7, 11) is 0. The van der Waals surface area contributed by atoms with Gasteiger partial charge in [0.05, 0.1) is 0 Å². The van der Waals surface area contributed by atoms with Gasteiger partial charge in [-0.3, -0.25) is 14.4 Å².